The molecule has 1 atom stereocenters. The van der Waals surface area contributed by atoms with Crippen molar-refractivity contribution in [2.75, 3.05) is 4.90 Å². The number of alkyl halides is 3. The van der Waals surface area contributed by atoms with Crippen LogP contribution in [0.15, 0.2) is 48.5 Å². The van der Waals surface area contributed by atoms with E-state index in [1.54, 1.807) is 19.1 Å². The average Bonchev–Trinajstić information content (AvgIpc) is 2.58. The summed E-state index contributed by atoms with van der Waals surface area (Å²) in [5.41, 5.74) is -0.455. The number of carboxylic acid groups (broad SMARTS) is 1. The van der Waals surface area contributed by atoms with Crippen LogP contribution in [0, 0.1) is 0 Å². The maximum Gasteiger partial charge on any atom is 0.416 e. The van der Waals surface area contributed by atoms with E-state index >= 15 is 0 Å². The van der Waals surface area contributed by atoms with Crippen molar-refractivity contribution in [1.29, 1.82) is 0 Å². The zero-order chi connectivity index (χ0) is 20.2. The second-order valence-corrected chi connectivity index (χ2v) is 6.32. The van der Waals surface area contributed by atoms with Crippen LogP contribution in [0.4, 0.5) is 18.9 Å². The lowest BCUT2D eigenvalue weighted by molar-refractivity contribution is -0.140. The molecular formula is C19H17ClF3NO3. The number of rotatable bonds is 6. The fourth-order valence-electron chi connectivity index (χ4n) is 2.71. The molecule has 1 unspecified atom stereocenters. The molecular weight excluding hydrogens is 383 g/mol. The number of aliphatic carboxylic acids is 1. The monoisotopic (exact) mass is 399 g/mol. The van der Waals surface area contributed by atoms with Gasteiger partial charge in [-0.15, -0.1) is 0 Å². The highest BCUT2D eigenvalue weighted by molar-refractivity contribution is 6.31. The maximum atomic E-state index is 12.9. The largest absolute Gasteiger partial charge is 0.480 e. The van der Waals surface area contributed by atoms with Gasteiger partial charge in [0.25, 0.3) is 0 Å². The molecule has 27 heavy (non-hydrogen) atoms. The fourth-order valence-corrected chi connectivity index (χ4v) is 2.89. The van der Waals surface area contributed by atoms with Gasteiger partial charge in [0.1, 0.15) is 6.04 Å². The Morgan fingerprint density at radius 1 is 1.15 bits per heavy atom. The molecule has 0 bridgehead atoms. The minimum Gasteiger partial charge on any atom is -0.480 e. The second kappa shape index (κ2) is 8.43. The Morgan fingerprint density at radius 2 is 1.81 bits per heavy atom. The fraction of sp³-hybridized carbons (Fsp3) is 0.263. The summed E-state index contributed by atoms with van der Waals surface area (Å²) in [5, 5.41) is 9.77. The van der Waals surface area contributed by atoms with Crippen LogP contribution in [0.25, 0.3) is 0 Å². The van der Waals surface area contributed by atoms with Crippen molar-refractivity contribution in [3.8, 4) is 0 Å². The summed E-state index contributed by atoms with van der Waals surface area (Å²) in [5.74, 6) is -1.85. The van der Waals surface area contributed by atoms with E-state index in [0.717, 1.165) is 17.0 Å². The standard InChI is InChI=1S/C19H17ClF3NO3/c1-2-16(18(26)27)24(15-8-4-7-14(20)11-15)17(25)10-12-5-3-6-13(9-12)19(21,22)23/h3-9,11,16H,2,10H2,1H3,(H,26,27). The van der Waals surface area contributed by atoms with Gasteiger partial charge >= 0.3 is 12.1 Å². The Balaban J connectivity index is 2.38. The third kappa shape index (κ3) is 5.23. The van der Waals surface area contributed by atoms with Gasteiger partial charge in [-0.05, 0) is 36.2 Å². The van der Waals surface area contributed by atoms with Crippen molar-refractivity contribution in [3.05, 3.63) is 64.7 Å². The number of anilines is 1. The first kappa shape index (κ1) is 20.8. The maximum absolute atomic E-state index is 12.9. The number of carbonyl (C=O) groups is 2. The quantitative estimate of drug-likeness (QED) is 0.759. The molecule has 1 amide bonds. The minimum absolute atomic E-state index is 0.121. The summed E-state index contributed by atoms with van der Waals surface area (Å²) >= 11 is 5.94. The Kier molecular flexibility index (Phi) is 6.49. The average molecular weight is 400 g/mol. The first-order valence-corrected chi connectivity index (χ1v) is 8.48. The number of hydrogen-bond acceptors (Lipinski definition) is 2. The van der Waals surface area contributed by atoms with Gasteiger partial charge in [-0.1, -0.05) is 42.8 Å². The van der Waals surface area contributed by atoms with Crippen LogP contribution < -0.4 is 4.90 Å². The molecule has 8 heteroatoms. The van der Waals surface area contributed by atoms with Crippen LogP contribution in [-0.2, 0) is 22.2 Å². The van der Waals surface area contributed by atoms with Crippen molar-refractivity contribution >= 4 is 29.2 Å². The lowest BCUT2D eigenvalue weighted by Gasteiger charge is -2.29. The molecule has 144 valence electrons. The highest BCUT2D eigenvalue weighted by atomic mass is 35.5. The molecule has 0 aromatic heterocycles. The number of amides is 1. The van der Waals surface area contributed by atoms with Crippen LogP contribution in [0.2, 0.25) is 5.02 Å². The molecule has 0 aliphatic heterocycles. The summed E-state index contributed by atoms with van der Waals surface area (Å²) in [6, 6.07) is 9.35. The third-order valence-corrected chi connectivity index (χ3v) is 4.18. The number of nitrogens with zero attached hydrogens (tertiary/aromatic N) is 1. The molecule has 0 radical (unpaired) electrons. The molecule has 0 saturated heterocycles. The lowest BCUT2D eigenvalue weighted by Crippen LogP contribution is -2.45. The molecule has 0 fully saturated rings. The van der Waals surface area contributed by atoms with Crippen LogP contribution >= 0.6 is 11.6 Å². The van der Waals surface area contributed by atoms with Crippen molar-refractivity contribution in [2.24, 2.45) is 0 Å². The van der Waals surface area contributed by atoms with Gasteiger partial charge in [0.15, 0.2) is 0 Å². The summed E-state index contributed by atoms with van der Waals surface area (Å²) in [6.07, 6.45) is -4.78. The van der Waals surface area contributed by atoms with Crippen LogP contribution in [0.5, 0.6) is 0 Å². The van der Waals surface area contributed by atoms with Gasteiger partial charge in [0.2, 0.25) is 5.91 Å². The van der Waals surface area contributed by atoms with Gasteiger partial charge in [0, 0.05) is 10.7 Å². The Hall–Kier alpha value is -2.54. The topological polar surface area (TPSA) is 57.6 Å². The van der Waals surface area contributed by atoms with Gasteiger partial charge in [-0.2, -0.15) is 13.2 Å². The molecule has 2 aromatic carbocycles. The van der Waals surface area contributed by atoms with Crippen LogP contribution in [0.1, 0.15) is 24.5 Å². The molecule has 0 saturated carbocycles. The molecule has 0 aliphatic rings. The van der Waals surface area contributed by atoms with E-state index in [9.17, 15) is 27.9 Å². The van der Waals surface area contributed by atoms with Crippen molar-refractivity contribution in [1.82, 2.24) is 0 Å². The normalized spacial score (nSPS) is 12.5. The molecule has 2 rings (SSSR count). The molecule has 2 aromatic rings. The Bertz CT molecular complexity index is 839. The van der Waals surface area contributed by atoms with Gasteiger partial charge in [-0.3, -0.25) is 9.69 Å². The summed E-state index contributed by atoms with van der Waals surface area (Å²) in [4.78, 5) is 25.5. The van der Waals surface area contributed by atoms with Crippen molar-refractivity contribution in [3.63, 3.8) is 0 Å². The highest BCUT2D eigenvalue weighted by Crippen LogP contribution is 2.30. The number of benzene rings is 2. The summed E-state index contributed by atoms with van der Waals surface area (Å²) < 4.78 is 38.6. The van der Waals surface area contributed by atoms with Crippen LogP contribution in [0.3, 0.4) is 0 Å². The first-order chi connectivity index (χ1) is 12.6. The summed E-state index contributed by atoms with van der Waals surface area (Å²) in [7, 11) is 0. The number of carboxylic acids is 1. The van der Waals surface area contributed by atoms with E-state index in [0.29, 0.717) is 5.02 Å². The van der Waals surface area contributed by atoms with Gasteiger partial charge in [0.05, 0.1) is 12.0 Å². The predicted molar refractivity (Wildman–Crippen MR) is 95.8 cm³/mol. The Morgan fingerprint density at radius 3 is 2.37 bits per heavy atom. The predicted octanol–water partition coefficient (Wildman–Crippen LogP) is 4.80. The molecule has 0 heterocycles. The highest BCUT2D eigenvalue weighted by Gasteiger charge is 2.32. The SMILES string of the molecule is CCC(C(=O)O)N(C(=O)Cc1cccc(C(F)(F)F)c1)c1cccc(Cl)c1. The van der Waals surface area contributed by atoms with Crippen LogP contribution in [-0.4, -0.2) is 23.0 Å². The first-order valence-electron chi connectivity index (χ1n) is 8.10. The molecule has 0 aliphatic carbocycles. The van der Waals surface area contributed by atoms with E-state index in [4.69, 9.17) is 11.6 Å². The smallest absolute Gasteiger partial charge is 0.416 e. The van der Waals surface area contributed by atoms with Crippen molar-refractivity contribution < 1.29 is 27.9 Å². The Labute approximate surface area is 159 Å². The minimum atomic E-state index is -4.53. The molecule has 0 spiro atoms. The zero-order valence-corrected chi connectivity index (χ0v) is 15.1. The van der Waals surface area contributed by atoms with E-state index in [2.05, 4.69) is 0 Å². The number of hydrogen-bond donors (Lipinski definition) is 1. The second-order valence-electron chi connectivity index (χ2n) is 5.88. The summed E-state index contributed by atoms with van der Waals surface area (Å²) in [6.45, 7) is 1.61. The van der Waals surface area contributed by atoms with E-state index in [-0.39, 0.29) is 24.1 Å². The van der Waals surface area contributed by atoms with E-state index in [1.165, 1.54) is 24.3 Å². The van der Waals surface area contributed by atoms with E-state index < -0.39 is 29.7 Å². The zero-order valence-electron chi connectivity index (χ0n) is 14.3. The molecule has 1 N–H and O–H groups in total. The third-order valence-electron chi connectivity index (χ3n) is 3.95. The lowest BCUT2D eigenvalue weighted by atomic mass is 10.1. The van der Waals surface area contributed by atoms with E-state index in [1.807, 2.05) is 0 Å². The van der Waals surface area contributed by atoms with Crippen molar-refractivity contribution in [2.45, 2.75) is 32.0 Å². The molecule has 4 nitrogen and oxygen atoms in total. The number of halogens is 4. The van der Waals surface area contributed by atoms with Gasteiger partial charge in [-0.25, -0.2) is 4.79 Å². The number of carbonyl (C=O) groups excluding carboxylic acids is 1. The van der Waals surface area contributed by atoms with Gasteiger partial charge < -0.3 is 5.11 Å².